The van der Waals surface area contributed by atoms with Gasteiger partial charge >= 0.3 is 6.18 Å². The van der Waals surface area contributed by atoms with Gasteiger partial charge in [-0.25, -0.2) is 9.97 Å². The highest BCUT2D eigenvalue weighted by Gasteiger charge is 2.31. The quantitative estimate of drug-likeness (QED) is 0.115. The summed E-state index contributed by atoms with van der Waals surface area (Å²) in [6.07, 6.45) is -4.38. The molecule has 13 heteroatoms. The molecule has 2 saturated heterocycles. The fourth-order valence-electron chi connectivity index (χ4n) is 5.72. The molecule has 2 aliphatic heterocycles. The molecular formula is C34H34ClF3N6O2S. The minimum Gasteiger partial charge on any atom is -0.497 e. The van der Waals surface area contributed by atoms with E-state index in [2.05, 4.69) is 14.8 Å². The number of carbonyl (C=O) groups excluding carboxylic acids is 1. The summed E-state index contributed by atoms with van der Waals surface area (Å²) < 4.78 is 44.8. The number of alkyl halides is 3. The SMILES string of the molecule is COc1ccc(N2CCN(C(=O)c3ccc(CSc4nc(Cl)cc(N5CCN(c6cccc(C(F)(F)F)c6)CC5)n4)cc3)CC2)cc1. The van der Waals surface area contributed by atoms with Gasteiger partial charge in [-0.1, -0.05) is 41.6 Å². The van der Waals surface area contributed by atoms with Crippen molar-refractivity contribution in [3.8, 4) is 5.75 Å². The Balaban J connectivity index is 1.00. The summed E-state index contributed by atoms with van der Waals surface area (Å²) in [6, 6.07) is 22.7. The number of methoxy groups -OCH3 is 1. The second kappa shape index (κ2) is 14.3. The van der Waals surface area contributed by atoms with Crippen molar-refractivity contribution in [2.45, 2.75) is 17.1 Å². The number of carbonyl (C=O) groups is 1. The topological polar surface area (TPSA) is 65.0 Å². The molecule has 2 fully saturated rings. The highest BCUT2D eigenvalue weighted by Crippen LogP contribution is 2.32. The van der Waals surface area contributed by atoms with E-state index in [0.717, 1.165) is 36.2 Å². The fourth-order valence-corrected chi connectivity index (χ4v) is 6.76. The van der Waals surface area contributed by atoms with Crippen molar-refractivity contribution in [1.82, 2.24) is 14.9 Å². The minimum atomic E-state index is -4.38. The summed E-state index contributed by atoms with van der Waals surface area (Å²) >= 11 is 7.81. The molecule has 0 unspecified atom stereocenters. The second-order valence-corrected chi connectivity index (χ2v) is 12.6. The molecule has 0 bridgehead atoms. The number of hydrogen-bond acceptors (Lipinski definition) is 8. The normalized spacial score (nSPS) is 15.6. The monoisotopic (exact) mass is 682 g/mol. The summed E-state index contributed by atoms with van der Waals surface area (Å²) in [4.78, 5) is 30.5. The molecule has 4 aromatic rings. The van der Waals surface area contributed by atoms with Gasteiger partial charge in [-0.05, 0) is 60.2 Å². The molecule has 0 spiro atoms. The predicted octanol–water partition coefficient (Wildman–Crippen LogP) is 6.74. The Labute approximate surface area is 281 Å². The van der Waals surface area contributed by atoms with Gasteiger partial charge in [-0.15, -0.1) is 0 Å². The fraction of sp³-hybridized carbons (Fsp3) is 0.324. The zero-order valence-corrected chi connectivity index (χ0v) is 27.4. The van der Waals surface area contributed by atoms with Crippen molar-refractivity contribution in [2.75, 3.05) is 74.2 Å². The number of amides is 1. The Kier molecular flexibility index (Phi) is 9.97. The van der Waals surface area contributed by atoms with E-state index in [1.54, 1.807) is 19.2 Å². The largest absolute Gasteiger partial charge is 0.497 e. The highest BCUT2D eigenvalue weighted by molar-refractivity contribution is 7.98. The van der Waals surface area contributed by atoms with Gasteiger partial charge in [0.2, 0.25) is 0 Å². The molecule has 3 heterocycles. The number of aromatic nitrogens is 2. The Bertz CT molecular complexity index is 1680. The average Bonchev–Trinajstić information content (AvgIpc) is 3.10. The molecule has 0 aliphatic carbocycles. The van der Waals surface area contributed by atoms with E-state index in [-0.39, 0.29) is 5.91 Å². The third kappa shape index (κ3) is 8.05. The smallest absolute Gasteiger partial charge is 0.416 e. The molecule has 1 amide bonds. The van der Waals surface area contributed by atoms with Crippen molar-refractivity contribution >= 4 is 46.5 Å². The maximum absolute atomic E-state index is 13.2. The molecule has 1 aromatic heterocycles. The van der Waals surface area contributed by atoms with Crippen LogP contribution in [0.3, 0.4) is 0 Å². The number of hydrogen-bond donors (Lipinski definition) is 0. The number of halogens is 4. The van der Waals surface area contributed by atoms with Crippen LogP contribution in [0.5, 0.6) is 5.75 Å². The number of piperazine rings is 2. The molecule has 6 rings (SSSR count). The Hall–Kier alpha value is -4.16. The van der Waals surface area contributed by atoms with Gasteiger partial charge in [0.05, 0.1) is 12.7 Å². The third-order valence-electron chi connectivity index (χ3n) is 8.38. The van der Waals surface area contributed by atoms with E-state index in [9.17, 15) is 18.0 Å². The van der Waals surface area contributed by atoms with Crippen LogP contribution in [-0.2, 0) is 11.9 Å². The summed E-state index contributed by atoms with van der Waals surface area (Å²) in [5.41, 5.74) is 2.70. The average molecular weight is 683 g/mol. The minimum absolute atomic E-state index is 0.0227. The number of ether oxygens (including phenoxy) is 1. The van der Waals surface area contributed by atoms with Crippen LogP contribution in [0.2, 0.25) is 5.15 Å². The van der Waals surface area contributed by atoms with E-state index < -0.39 is 11.7 Å². The maximum atomic E-state index is 13.2. The zero-order valence-electron chi connectivity index (χ0n) is 25.8. The zero-order chi connectivity index (χ0) is 33.0. The third-order valence-corrected chi connectivity index (χ3v) is 9.49. The first-order valence-electron chi connectivity index (χ1n) is 15.3. The molecule has 0 atom stereocenters. The van der Waals surface area contributed by atoms with Crippen LogP contribution < -0.4 is 19.4 Å². The molecule has 47 heavy (non-hydrogen) atoms. The van der Waals surface area contributed by atoms with E-state index in [1.807, 2.05) is 58.3 Å². The van der Waals surface area contributed by atoms with Gasteiger partial charge < -0.3 is 24.3 Å². The summed E-state index contributed by atoms with van der Waals surface area (Å²) in [7, 11) is 1.65. The Morgan fingerprint density at radius 3 is 2.11 bits per heavy atom. The van der Waals surface area contributed by atoms with Gasteiger partial charge in [0.15, 0.2) is 5.16 Å². The number of anilines is 3. The lowest BCUT2D eigenvalue weighted by Gasteiger charge is -2.37. The molecule has 2 aliphatic rings. The molecular weight excluding hydrogens is 649 g/mol. The molecule has 0 saturated carbocycles. The maximum Gasteiger partial charge on any atom is 0.416 e. The molecule has 0 N–H and O–H groups in total. The number of benzene rings is 3. The summed E-state index contributed by atoms with van der Waals surface area (Å²) in [6.45, 7) is 5.09. The van der Waals surface area contributed by atoms with Crippen LogP contribution in [0.15, 0.2) is 84.0 Å². The molecule has 246 valence electrons. The van der Waals surface area contributed by atoms with Crippen molar-refractivity contribution in [3.05, 3.63) is 101 Å². The van der Waals surface area contributed by atoms with Crippen LogP contribution in [-0.4, -0.2) is 80.2 Å². The van der Waals surface area contributed by atoms with E-state index in [0.29, 0.717) is 72.4 Å². The van der Waals surface area contributed by atoms with Gasteiger partial charge in [0.25, 0.3) is 5.91 Å². The first-order valence-corrected chi connectivity index (χ1v) is 16.6. The first kappa shape index (κ1) is 32.8. The Morgan fingerprint density at radius 2 is 1.45 bits per heavy atom. The lowest BCUT2D eigenvalue weighted by Crippen LogP contribution is -2.48. The molecule has 0 radical (unpaired) electrons. The van der Waals surface area contributed by atoms with E-state index in [1.165, 1.54) is 23.9 Å². The predicted molar refractivity (Wildman–Crippen MR) is 180 cm³/mol. The second-order valence-electron chi connectivity index (χ2n) is 11.3. The van der Waals surface area contributed by atoms with Crippen LogP contribution in [0.25, 0.3) is 0 Å². The van der Waals surface area contributed by atoms with Crippen molar-refractivity contribution < 1.29 is 22.7 Å². The summed E-state index contributed by atoms with van der Waals surface area (Å²) in [5.74, 6) is 2.12. The first-order chi connectivity index (χ1) is 22.7. The van der Waals surface area contributed by atoms with Gasteiger partial charge in [-0.3, -0.25) is 4.79 Å². The number of rotatable bonds is 8. The highest BCUT2D eigenvalue weighted by atomic mass is 35.5. The van der Waals surface area contributed by atoms with Crippen molar-refractivity contribution in [2.24, 2.45) is 0 Å². The van der Waals surface area contributed by atoms with Gasteiger partial charge in [0.1, 0.15) is 16.7 Å². The van der Waals surface area contributed by atoms with Gasteiger partial charge in [0, 0.05) is 81.1 Å². The van der Waals surface area contributed by atoms with Crippen LogP contribution >= 0.6 is 23.4 Å². The Morgan fingerprint density at radius 1 is 0.809 bits per heavy atom. The number of thioether (sulfide) groups is 1. The van der Waals surface area contributed by atoms with Crippen LogP contribution in [0.4, 0.5) is 30.4 Å². The lowest BCUT2D eigenvalue weighted by atomic mass is 10.1. The molecule has 3 aromatic carbocycles. The van der Waals surface area contributed by atoms with Gasteiger partial charge in [-0.2, -0.15) is 13.2 Å². The lowest BCUT2D eigenvalue weighted by molar-refractivity contribution is -0.137. The molecule has 8 nitrogen and oxygen atoms in total. The van der Waals surface area contributed by atoms with Crippen molar-refractivity contribution in [1.29, 1.82) is 0 Å². The van der Waals surface area contributed by atoms with Crippen molar-refractivity contribution in [3.63, 3.8) is 0 Å². The summed E-state index contributed by atoms with van der Waals surface area (Å²) in [5, 5.41) is 0.855. The van der Waals surface area contributed by atoms with E-state index >= 15 is 0 Å². The number of nitrogens with zero attached hydrogens (tertiary/aromatic N) is 6. The van der Waals surface area contributed by atoms with Crippen LogP contribution in [0, 0.1) is 0 Å². The standard InChI is InChI=1S/C34H34ClF3N6O2S/c1-46-29-11-9-27(10-12-29)41-15-19-44(20-16-41)32(45)25-7-5-24(6-8-25)23-47-33-39-30(35)22-31(40-33)43-17-13-42(14-18-43)28-4-2-3-26(21-28)34(36,37)38/h2-12,21-22H,13-20,23H2,1H3. The van der Waals surface area contributed by atoms with E-state index in [4.69, 9.17) is 21.3 Å². The van der Waals surface area contributed by atoms with Crippen LogP contribution in [0.1, 0.15) is 21.5 Å².